The summed E-state index contributed by atoms with van der Waals surface area (Å²) in [6.45, 7) is -1.68. The van der Waals surface area contributed by atoms with E-state index in [9.17, 15) is 22.8 Å². The van der Waals surface area contributed by atoms with Gasteiger partial charge in [0.05, 0.1) is 30.3 Å². The van der Waals surface area contributed by atoms with E-state index < -0.39 is 24.0 Å². The van der Waals surface area contributed by atoms with Crippen molar-refractivity contribution in [3.63, 3.8) is 0 Å². The van der Waals surface area contributed by atoms with Crippen LogP contribution in [0.3, 0.4) is 0 Å². The summed E-state index contributed by atoms with van der Waals surface area (Å²) in [5, 5.41) is 8.82. The molecule has 2 fully saturated rings. The summed E-state index contributed by atoms with van der Waals surface area (Å²) in [7, 11) is 0. The molecule has 1 aliphatic heterocycles. The molecule has 0 unspecified atom stereocenters. The standard InChI is InChI=1S/C19H20F3N3O2/c20-19(21,22)12-24(11-15-5-3-14(10-23)4-6-15)13-25-16(26)9-18(17(25)27)7-1-2-8-18/h3-6H,1-2,7-9,11-13H2. The number of likely N-dealkylation sites (tertiary alicyclic amines) is 1. The van der Waals surface area contributed by atoms with E-state index in [0.29, 0.717) is 24.0 Å². The lowest BCUT2D eigenvalue weighted by Crippen LogP contribution is -2.45. The van der Waals surface area contributed by atoms with Gasteiger partial charge in [0.25, 0.3) is 0 Å². The highest BCUT2D eigenvalue weighted by Gasteiger charge is 2.53. The zero-order chi connectivity index (χ0) is 19.7. The fourth-order valence-electron chi connectivity index (χ4n) is 4.00. The molecule has 1 spiro atoms. The summed E-state index contributed by atoms with van der Waals surface area (Å²) >= 11 is 0. The number of rotatable bonds is 5. The average molecular weight is 379 g/mol. The Kier molecular flexibility index (Phi) is 5.24. The Hall–Kier alpha value is -2.40. The number of nitriles is 1. The number of halogens is 3. The van der Waals surface area contributed by atoms with Crippen LogP contribution in [0.15, 0.2) is 24.3 Å². The normalized spacial score (nSPS) is 19.3. The van der Waals surface area contributed by atoms with Gasteiger partial charge in [-0.2, -0.15) is 18.4 Å². The van der Waals surface area contributed by atoms with Gasteiger partial charge in [0, 0.05) is 13.0 Å². The molecule has 5 nitrogen and oxygen atoms in total. The highest BCUT2D eigenvalue weighted by molar-refractivity contribution is 6.06. The second kappa shape index (κ2) is 7.31. The van der Waals surface area contributed by atoms with Crippen LogP contribution < -0.4 is 0 Å². The monoisotopic (exact) mass is 379 g/mol. The van der Waals surface area contributed by atoms with Gasteiger partial charge in [0.15, 0.2) is 0 Å². The number of hydrogen-bond donors (Lipinski definition) is 0. The fraction of sp³-hybridized carbons (Fsp3) is 0.526. The maximum Gasteiger partial charge on any atom is 0.401 e. The van der Waals surface area contributed by atoms with E-state index in [2.05, 4.69) is 0 Å². The Morgan fingerprint density at radius 3 is 2.33 bits per heavy atom. The molecule has 0 atom stereocenters. The lowest BCUT2D eigenvalue weighted by atomic mass is 9.85. The summed E-state index contributed by atoms with van der Waals surface area (Å²) < 4.78 is 39.1. The topological polar surface area (TPSA) is 64.4 Å². The SMILES string of the molecule is N#Cc1ccc(CN(CN2C(=O)CC3(CCCC3)C2=O)CC(F)(F)F)cc1. The van der Waals surface area contributed by atoms with Crippen molar-refractivity contribution < 1.29 is 22.8 Å². The number of carbonyl (C=O) groups is 2. The van der Waals surface area contributed by atoms with E-state index in [4.69, 9.17) is 5.26 Å². The van der Waals surface area contributed by atoms with Crippen molar-refractivity contribution in [2.45, 2.75) is 44.8 Å². The van der Waals surface area contributed by atoms with Crippen LogP contribution in [-0.4, -0.2) is 41.0 Å². The van der Waals surface area contributed by atoms with Crippen LogP contribution in [0.5, 0.6) is 0 Å². The molecule has 3 rings (SSSR count). The van der Waals surface area contributed by atoms with Crippen molar-refractivity contribution >= 4 is 11.8 Å². The molecule has 1 aromatic rings. The third kappa shape index (κ3) is 4.30. The molecule has 2 amide bonds. The number of carbonyl (C=O) groups excluding carboxylic acids is 2. The summed E-state index contributed by atoms with van der Waals surface area (Å²) in [6.07, 6.45) is -1.37. The maximum absolute atomic E-state index is 13.0. The number of benzene rings is 1. The third-order valence-electron chi connectivity index (χ3n) is 5.28. The first-order valence-corrected chi connectivity index (χ1v) is 8.85. The van der Waals surface area contributed by atoms with Crippen molar-refractivity contribution in [2.75, 3.05) is 13.2 Å². The zero-order valence-corrected chi connectivity index (χ0v) is 14.8. The Balaban J connectivity index is 1.76. The molecule has 8 heteroatoms. The minimum absolute atomic E-state index is 0.0741. The number of hydrogen-bond acceptors (Lipinski definition) is 4. The van der Waals surface area contributed by atoms with E-state index in [1.165, 1.54) is 12.1 Å². The summed E-state index contributed by atoms with van der Waals surface area (Å²) in [6, 6.07) is 8.16. The molecule has 0 aromatic heterocycles. The van der Waals surface area contributed by atoms with Crippen LogP contribution >= 0.6 is 0 Å². The molecule has 0 N–H and O–H groups in total. The van der Waals surface area contributed by atoms with E-state index >= 15 is 0 Å². The van der Waals surface area contributed by atoms with E-state index in [1.54, 1.807) is 12.1 Å². The highest BCUT2D eigenvalue weighted by atomic mass is 19.4. The van der Waals surface area contributed by atoms with Crippen molar-refractivity contribution in [3.05, 3.63) is 35.4 Å². The van der Waals surface area contributed by atoms with Gasteiger partial charge in [0.2, 0.25) is 11.8 Å². The van der Waals surface area contributed by atoms with Gasteiger partial charge in [-0.15, -0.1) is 0 Å². The first kappa shape index (κ1) is 19.4. The second-order valence-corrected chi connectivity index (χ2v) is 7.34. The Morgan fingerprint density at radius 1 is 1.15 bits per heavy atom. The lowest BCUT2D eigenvalue weighted by Gasteiger charge is -2.29. The number of amides is 2. The molecule has 2 aliphatic rings. The van der Waals surface area contributed by atoms with Crippen LogP contribution in [0.2, 0.25) is 0 Å². The fourth-order valence-corrected chi connectivity index (χ4v) is 4.00. The van der Waals surface area contributed by atoms with Gasteiger partial charge in [-0.05, 0) is 30.5 Å². The van der Waals surface area contributed by atoms with Crippen molar-refractivity contribution in [1.82, 2.24) is 9.80 Å². The maximum atomic E-state index is 13.0. The molecule has 1 heterocycles. The molecular weight excluding hydrogens is 359 g/mol. The summed E-state index contributed by atoms with van der Waals surface area (Å²) in [5.74, 6) is -0.731. The van der Waals surface area contributed by atoms with Gasteiger partial charge in [0.1, 0.15) is 0 Å². The second-order valence-electron chi connectivity index (χ2n) is 7.34. The van der Waals surface area contributed by atoms with Gasteiger partial charge in [-0.1, -0.05) is 25.0 Å². The highest BCUT2D eigenvalue weighted by Crippen LogP contribution is 2.46. The first-order valence-electron chi connectivity index (χ1n) is 8.85. The quantitative estimate of drug-likeness (QED) is 0.737. The molecule has 1 saturated carbocycles. The molecule has 144 valence electrons. The minimum atomic E-state index is -4.45. The first-order chi connectivity index (χ1) is 12.7. The van der Waals surface area contributed by atoms with Crippen LogP contribution in [0.25, 0.3) is 0 Å². The molecule has 0 radical (unpaired) electrons. The molecule has 1 aromatic carbocycles. The minimum Gasteiger partial charge on any atom is -0.274 e. The van der Waals surface area contributed by atoms with Gasteiger partial charge in [-0.3, -0.25) is 19.4 Å². The molecular formula is C19H20F3N3O2. The molecule has 1 aliphatic carbocycles. The van der Waals surface area contributed by atoms with E-state index in [0.717, 1.165) is 22.6 Å². The predicted molar refractivity (Wildman–Crippen MR) is 89.9 cm³/mol. The Labute approximate surface area is 155 Å². The average Bonchev–Trinajstić information content (AvgIpc) is 3.15. The molecule has 1 saturated heterocycles. The van der Waals surface area contributed by atoms with Gasteiger partial charge in [-0.25, -0.2) is 0 Å². The van der Waals surface area contributed by atoms with Gasteiger partial charge < -0.3 is 0 Å². The Bertz CT molecular complexity index is 762. The smallest absolute Gasteiger partial charge is 0.274 e. The zero-order valence-electron chi connectivity index (χ0n) is 14.8. The lowest BCUT2D eigenvalue weighted by molar-refractivity contribution is -0.160. The molecule has 0 bridgehead atoms. The van der Waals surface area contributed by atoms with Crippen LogP contribution in [0.4, 0.5) is 13.2 Å². The Morgan fingerprint density at radius 2 is 1.78 bits per heavy atom. The van der Waals surface area contributed by atoms with Crippen LogP contribution in [0.1, 0.15) is 43.2 Å². The predicted octanol–water partition coefficient (Wildman–Crippen LogP) is 3.20. The number of nitrogens with zero attached hydrogens (tertiary/aromatic N) is 3. The van der Waals surface area contributed by atoms with E-state index in [1.807, 2.05) is 6.07 Å². The summed E-state index contributed by atoms with van der Waals surface area (Å²) in [4.78, 5) is 27.1. The van der Waals surface area contributed by atoms with Crippen LogP contribution in [0, 0.1) is 16.7 Å². The number of imide groups is 1. The number of alkyl halides is 3. The largest absolute Gasteiger partial charge is 0.401 e. The third-order valence-corrected chi connectivity index (χ3v) is 5.28. The van der Waals surface area contributed by atoms with Crippen molar-refractivity contribution in [2.24, 2.45) is 5.41 Å². The van der Waals surface area contributed by atoms with E-state index in [-0.39, 0.29) is 25.5 Å². The van der Waals surface area contributed by atoms with Crippen molar-refractivity contribution in [3.8, 4) is 6.07 Å². The van der Waals surface area contributed by atoms with Crippen LogP contribution in [-0.2, 0) is 16.1 Å². The van der Waals surface area contributed by atoms with Gasteiger partial charge >= 0.3 is 6.18 Å². The summed E-state index contributed by atoms with van der Waals surface area (Å²) in [5.41, 5.74) is 0.289. The molecule has 27 heavy (non-hydrogen) atoms. The van der Waals surface area contributed by atoms with Crippen molar-refractivity contribution in [1.29, 1.82) is 5.26 Å².